The van der Waals surface area contributed by atoms with Crippen molar-refractivity contribution in [2.45, 2.75) is 33.2 Å². The fourth-order valence-electron chi connectivity index (χ4n) is 2.03. The lowest BCUT2D eigenvalue weighted by atomic mass is 10.2. The molecule has 1 fully saturated rings. The number of hydrogen-bond acceptors (Lipinski definition) is 5. The molecular formula is C14H22N4O2. The smallest absolute Gasteiger partial charge is 0.272 e. The van der Waals surface area contributed by atoms with Crippen LogP contribution in [0.3, 0.4) is 0 Å². The van der Waals surface area contributed by atoms with Crippen molar-refractivity contribution in [1.82, 2.24) is 14.9 Å². The molecule has 1 atom stereocenters. The van der Waals surface area contributed by atoms with E-state index in [9.17, 15) is 4.79 Å². The first-order chi connectivity index (χ1) is 9.60. The maximum atomic E-state index is 12.4. The van der Waals surface area contributed by atoms with Crippen LogP contribution in [0.4, 0.5) is 5.82 Å². The summed E-state index contributed by atoms with van der Waals surface area (Å²) >= 11 is 0. The number of ether oxygens (including phenoxy) is 1. The molecule has 6 heteroatoms. The maximum absolute atomic E-state index is 12.4. The molecule has 0 radical (unpaired) electrons. The average Bonchev–Trinajstić information content (AvgIpc) is 2.46. The Bertz CT molecular complexity index is 472. The number of hydrogen-bond donors (Lipinski definition) is 1. The van der Waals surface area contributed by atoms with Gasteiger partial charge in [0.1, 0.15) is 17.3 Å². The van der Waals surface area contributed by atoms with Gasteiger partial charge in [0.25, 0.3) is 5.91 Å². The minimum Gasteiger partial charge on any atom is -0.378 e. The van der Waals surface area contributed by atoms with Gasteiger partial charge >= 0.3 is 0 Å². The Balaban J connectivity index is 2.16. The topological polar surface area (TPSA) is 67.4 Å². The fourth-order valence-corrected chi connectivity index (χ4v) is 2.03. The Morgan fingerprint density at radius 1 is 1.45 bits per heavy atom. The van der Waals surface area contributed by atoms with Gasteiger partial charge < -0.3 is 15.0 Å². The molecule has 0 spiro atoms. The van der Waals surface area contributed by atoms with Crippen molar-refractivity contribution in [2.24, 2.45) is 0 Å². The van der Waals surface area contributed by atoms with E-state index in [4.69, 9.17) is 4.74 Å². The molecular weight excluding hydrogens is 256 g/mol. The molecule has 0 aromatic carbocycles. The molecule has 0 unspecified atom stereocenters. The number of aryl methyl sites for hydroxylation is 1. The van der Waals surface area contributed by atoms with E-state index in [0.717, 1.165) is 6.42 Å². The van der Waals surface area contributed by atoms with E-state index in [0.29, 0.717) is 49.7 Å². The van der Waals surface area contributed by atoms with E-state index >= 15 is 0 Å². The molecule has 0 bridgehead atoms. The number of morpholine rings is 1. The summed E-state index contributed by atoms with van der Waals surface area (Å²) < 4.78 is 5.26. The SMILES string of the molecule is CC[C@H](C)Nc1cc(C(=O)N2CCOCC2)nc(C)n1. The Labute approximate surface area is 119 Å². The zero-order valence-corrected chi connectivity index (χ0v) is 12.3. The predicted octanol–water partition coefficient (Wildman–Crippen LogP) is 1.47. The first-order valence-corrected chi connectivity index (χ1v) is 7.09. The lowest BCUT2D eigenvalue weighted by Crippen LogP contribution is -2.41. The third kappa shape index (κ3) is 3.66. The molecule has 110 valence electrons. The van der Waals surface area contributed by atoms with Crippen LogP contribution in [0.25, 0.3) is 0 Å². The van der Waals surface area contributed by atoms with Crippen molar-refractivity contribution in [1.29, 1.82) is 0 Å². The molecule has 0 saturated carbocycles. The number of nitrogens with one attached hydrogen (secondary N) is 1. The zero-order chi connectivity index (χ0) is 14.5. The van der Waals surface area contributed by atoms with E-state index in [1.165, 1.54) is 0 Å². The zero-order valence-electron chi connectivity index (χ0n) is 12.3. The van der Waals surface area contributed by atoms with Gasteiger partial charge in [-0.2, -0.15) is 0 Å². The number of amides is 1. The van der Waals surface area contributed by atoms with Gasteiger partial charge in [0.2, 0.25) is 0 Å². The van der Waals surface area contributed by atoms with E-state index in [1.54, 1.807) is 17.9 Å². The van der Waals surface area contributed by atoms with Crippen LogP contribution >= 0.6 is 0 Å². The van der Waals surface area contributed by atoms with Gasteiger partial charge in [0.05, 0.1) is 13.2 Å². The van der Waals surface area contributed by atoms with Gasteiger partial charge in [-0.15, -0.1) is 0 Å². The largest absolute Gasteiger partial charge is 0.378 e. The van der Waals surface area contributed by atoms with Crippen LogP contribution in [0.2, 0.25) is 0 Å². The summed E-state index contributed by atoms with van der Waals surface area (Å²) in [4.78, 5) is 22.8. The first kappa shape index (κ1) is 14.7. The van der Waals surface area contributed by atoms with Crippen LogP contribution in [0.15, 0.2) is 6.07 Å². The number of rotatable bonds is 4. The normalized spacial score (nSPS) is 16.9. The summed E-state index contributed by atoms with van der Waals surface area (Å²) in [6.45, 7) is 8.41. The minimum atomic E-state index is -0.0500. The van der Waals surface area contributed by atoms with Gasteiger partial charge in [0, 0.05) is 25.2 Å². The van der Waals surface area contributed by atoms with Gasteiger partial charge in [-0.1, -0.05) is 6.92 Å². The maximum Gasteiger partial charge on any atom is 0.272 e. The van der Waals surface area contributed by atoms with Crippen molar-refractivity contribution >= 4 is 11.7 Å². The molecule has 1 aromatic rings. The number of anilines is 1. The first-order valence-electron chi connectivity index (χ1n) is 7.09. The van der Waals surface area contributed by atoms with Crippen molar-refractivity contribution in [3.63, 3.8) is 0 Å². The molecule has 1 amide bonds. The van der Waals surface area contributed by atoms with Crippen LogP contribution in [-0.4, -0.2) is 53.1 Å². The molecule has 2 rings (SSSR count). The molecule has 1 aliphatic heterocycles. The van der Waals surface area contributed by atoms with Crippen LogP contribution in [-0.2, 0) is 4.74 Å². The molecule has 1 N–H and O–H groups in total. The lowest BCUT2D eigenvalue weighted by molar-refractivity contribution is 0.0299. The summed E-state index contributed by atoms with van der Waals surface area (Å²) in [5.41, 5.74) is 0.449. The lowest BCUT2D eigenvalue weighted by Gasteiger charge is -2.26. The van der Waals surface area contributed by atoms with Crippen LogP contribution < -0.4 is 5.32 Å². The Morgan fingerprint density at radius 3 is 2.80 bits per heavy atom. The highest BCUT2D eigenvalue weighted by atomic mass is 16.5. The highest BCUT2D eigenvalue weighted by Gasteiger charge is 2.20. The van der Waals surface area contributed by atoms with Crippen molar-refractivity contribution in [2.75, 3.05) is 31.6 Å². The average molecular weight is 278 g/mol. The van der Waals surface area contributed by atoms with Crippen LogP contribution in [0.5, 0.6) is 0 Å². The number of nitrogens with zero attached hydrogens (tertiary/aromatic N) is 3. The second-order valence-corrected chi connectivity index (χ2v) is 5.04. The molecule has 0 aliphatic carbocycles. The summed E-state index contributed by atoms with van der Waals surface area (Å²) in [7, 11) is 0. The van der Waals surface area contributed by atoms with E-state index < -0.39 is 0 Å². The quantitative estimate of drug-likeness (QED) is 0.903. The number of carbonyl (C=O) groups is 1. The third-order valence-electron chi connectivity index (χ3n) is 3.36. The summed E-state index contributed by atoms with van der Waals surface area (Å²) in [6, 6.07) is 2.05. The van der Waals surface area contributed by atoms with Gasteiger partial charge in [-0.25, -0.2) is 9.97 Å². The molecule has 6 nitrogen and oxygen atoms in total. The summed E-state index contributed by atoms with van der Waals surface area (Å²) in [5, 5.41) is 3.28. The second kappa shape index (κ2) is 6.65. The van der Waals surface area contributed by atoms with Crippen molar-refractivity contribution < 1.29 is 9.53 Å². The van der Waals surface area contributed by atoms with Crippen LogP contribution in [0, 0.1) is 6.92 Å². The monoisotopic (exact) mass is 278 g/mol. The predicted molar refractivity (Wildman–Crippen MR) is 76.9 cm³/mol. The Hall–Kier alpha value is -1.69. The van der Waals surface area contributed by atoms with Crippen molar-refractivity contribution in [3.05, 3.63) is 17.6 Å². The summed E-state index contributed by atoms with van der Waals surface area (Å²) in [6.07, 6.45) is 0.996. The second-order valence-electron chi connectivity index (χ2n) is 5.04. The number of aromatic nitrogens is 2. The van der Waals surface area contributed by atoms with Gasteiger partial charge in [-0.05, 0) is 20.3 Å². The van der Waals surface area contributed by atoms with Gasteiger partial charge in [-0.3, -0.25) is 4.79 Å². The molecule has 20 heavy (non-hydrogen) atoms. The third-order valence-corrected chi connectivity index (χ3v) is 3.36. The minimum absolute atomic E-state index is 0.0500. The number of carbonyl (C=O) groups excluding carboxylic acids is 1. The molecule has 2 heterocycles. The van der Waals surface area contributed by atoms with E-state index in [-0.39, 0.29) is 5.91 Å². The Morgan fingerprint density at radius 2 is 2.15 bits per heavy atom. The standard InChI is InChI=1S/C14H22N4O2/c1-4-10(2)15-13-9-12(16-11(3)17-13)14(19)18-5-7-20-8-6-18/h9-10H,4-8H2,1-3H3,(H,15,16,17)/t10-/m0/s1. The highest BCUT2D eigenvalue weighted by Crippen LogP contribution is 2.12. The molecule has 1 saturated heterocycles. The summed E-state index contributed by atoms with van der Waals surface area (Å²) in [5.74, 6) is 1.27. The van der Waals surface area contributed by atoms with E-state index in [1.807, 2.05) is 0 Å². The van der Waals surface area contributed by atoms with Gasteiger partial charge in [0.15, 0.2) is 0 Å². The fraction of sp³-hybridized carbons (Fsp3) is 0.643. The van der Waals surface area contributed by atoms with Crippen molar-refractivity contribution in [3.8, 4) is 0 Å². The van der Waals surface area contributed by atoms with E-state index in [2.05, 4.69) is 29.1 Å². The Kier molecular flexibility index (Phi) is 4.89. The molecule has 1 aliphatic rings. The highest BCUT2D eigenvalue weighted by molar-refractivity contribution is 5.93. The molecule has 1 aromatic heterocycles. The van der Waals surface area contributed by atoms with Crippen LogP contribution in [0.1, 0.15) is 36.6 Å².